The summed E-state index contributed by atoms with van der Waals surface area (Å²) in [6, 6.07) is 9.74. The average Bonchev–Trinajstić information content (AvgIpc) is 3.31. The van der Waals surface area contributed by atoms with E-state index in [9.17, 15) is 4.79 Å². The fourth-order valence-corrected chi connectivity index (χ4v) is 4.66. The molecular formula is C19H19N3O2S. The molecule has 0 unspecified atom stereocenters. The molecule has 2 bridgehead atoms. The van der Waals surface area contributed by atoms with Crippen molar-refractivity contribution in [3.63, 3.8) is 0 Å². The highest BCUT2D eigenvalue weighted by Gasteiger charge is 2.35. The van der Waals surface area contributed by atoms with Crippen molar-refractivity contribution in [1.82, 2.24) is 15.2 Å². The highest BCUT2D eigenvalue weighted by Crippen LogP contribution is 2.30. The molecule has 5 nitrogen and oxygen atoms in total. The number of nitrogens with zero attached hydrogens (tertiary/aromatic N) is 2. The summed E-state index contributed by atoms with van der Waals surface area (Å²) in [5.74, 6) is 1.13. The van der Waals surface area contributed by atoms with Crippen LogP contribution in [0.5, 0.6) is 0 Å². The van der Waals surface area contributed by atoms with Crippen LogP contribution in [0.25, 0.3) is 21.9 Å². The Bertz CT molecular complexity index is 910. The molecular weight excluding hydrogens is 334 g/mol. The molecule has 6 rings (SSSR count). The molecule has 1 atom stereocenters. The topological polar surface area (TPSA) is 58.4 Å². The lowest BCUT2D eigenvalue weighted by atomic mass is 9.84. The lowest BCUT2D eigenvalue weighted by molar-refractivity contribution is 0.0621. The van der Waals surface area contributed by atoms with E-state index in [0.717, 1.165) is 11.4 Å². The van der Waals surface area contributed by atoms with Crippen molar-refractivity contribution >= 4 is 28.3 Å². The first-order valence-corrected chi connectivity index (χ1v) is 9.62. The standard InChI is InChI=1S/C19H19N3O2S/c23-18(20-14-11-22-8-6-12(14)7-9-22)13-3-1-4-15-17(13)21-19(24-15)16-5-2-10-25-16/h1-5,10,12,14H,6-9,11H2,(H,20,23)/t14-/m1/s1. The number of thiophene rings is 1. The molecule has 6 heteroatoms. The number of benzene rings is 1. The molecule has 25 heavy (non-hydrogen) atoms. The Morgan fingerprint density at radius 3 is 2.84 bits per heavy atom. The summed E-state index contributed by atoms with van der Waals surface area (Å²) in [6.07, 6.45) is 2.36. The molecule has 0 spiro atoms. The summed E-state index contributed by atoms with van der Waals surface area (Å²) in [7, 11) is 0. The minimum Gasteiger partial charge on any atom is -0.435 e. The number of hydrogen-bond donors (Lipinski definition) is 1. The number of rotatable bonds is 3. The number of amides is 1. The van der Waals surface area contributed by atoms with Gasteiger partial charge in [-0.2, -0.15) is 0 Å². The van der Waals surface area contributed by atoms with Gasteiger partial charge in [0.05, 0.1) is 10.4 Å². The van der Waals surface area contributed by atoms with Gasteiger partial charge in [0.1, 0.15) is 5.52 Å². The molecule has 3 aromatic rings. The van der Waals surface area contributed by atoms with Crippen molar-refractivity contribution in [2.45, 2.75) is 18.9 Å². The average molecular weight is 353 g/mol. The minimum atomic E-state index is -0.0459. The van der Waals surface area contributed by atoms with E-state index in [4.69, 9.17) is 4.42 Å². The monoisotopic (exact) mass is 353 g/mol. The van der Waals surface area contributed by atoms with Gasteiger partial charge in [-0.25, -0.2) is 4.98 Å². The number of nitrogens with one attached hydrogen (secondary N) is 1. The third kappa shape index (κ3) is 2.65. The second kappa shape index (κ2) is 5.97. The zero-order chi connectivity index (χ0) is 16.8. The highest BCUT2D eigenvalue weighted by molar-refractivity contribution is 7.13. The maximum Gasteiger partial charge on any atom is 0.253 e. The van der Waals surface area contributed by atoms with Crippen LogP contribution < -0.4 is 5.32 Å². The van der Waals surface area contributed by atoms with E-state index in [1.165, 1.54) is 25.9 Å². The molecule has 1 amide bonds. The van der Waals surface area contributed by atoms with E-state index < -0.39 is 0 Å². The van der Waals surface area contributed by atoms with E-state index >= 15 is 0 Å². The van der Waals surface area contributed by atoms with Gasteiger partial charge >= 0.3 is 0 Å². The van der Waals surface area contributed by atoms with Crippen molar-refractivity contribution in [3.8, 4) is 10.8 Å². The predicted molar refractivity (Wildman–Crippen MR) is 97.7 cm³/mol. The smallest absolute Gasteiger partial charge is 0.253 e. The summed E-state index contributed by atoms with van der Waals surface area (Å²) in [6.45, 7) is 3.30. The Balaban J connectivity index is 1.45. The molecule has 0 saturated carbocycles. The second-order valence-corrected chi connectivity index (χ2v) is 7.81. The number of carbonyl (C=O) groups excluding carboxylic acids is 1. The molecule has 2 aromatic heterocycles. The number of hydrogen-bond acceptors (Lipinski definition) is 5. The summed E-state index contributed by atoms with van der Waals surface area (Å²) < 4.78 is 5.85. The quantitative estimate of drug-likeness (QED) is 0.784. The number of aromatic nitrogens is 1. The van der Waals surface area contributed by atoms with Crippen LogP contribution in [0.4, 0.5) is 0 Å². The summed E-state index contributed by atoms with van der Waals surface area (Å²) >= 11 is 1.58. The zero-order valence-corrected chi connectivity index (χ0v) is 14.6. The molecule has 1 aromatic carbocycles. The largest absolute Gasteiger partial charge is 0.435 e. The van der Waals surface area contributed by atoms with E-state index in [1.54, 1.807) is 11.3 Å². The van der Waals surface area contributed by atoms with Crippen LogP contribution in [0.2, 0.25) is 0 Å². The van der Waals surface area contributed by atoms with Crippen molar-refractivity contribution in [1.29, 1.82) is 0 Å². The number of piperidine rings is 3. The van der Waals surface area contributed by atoms with Crippen molar-refractivity contribution in [2.24, 2.45) is 5.92 Å². The van der Waals surface area contributed by atoms with Crippen LogP contribution in [0.3, 0.4) is 0 Å². The van der Waals surface area contributed by atoms with Gasteiger partial charge < -0.3 is 14.6 Å². The number of para-hydroxylation sites is 1. The fraction of sp³-hybridized carbons (Fsp3) is 0.368. The Morgan fingerprint density at radius 1 is 1.24 bits per heavy atom. The van der Waals surface area contributed by atoms with Crippen molar-refractivity contribution < 1.29 is 9.21 Å². The molecule has 1 N–H and O–H groups in total. The Hall–Kier alpha value is -2.18. The van der Waals surface area contributed by atoms with E-state index in [2.05, 4.69) is 15.2 Å². The van der Waals surface area contributed by atoms with Gasteiger partial charge in [-0.15, -0.1) is 11.3 Å². The third-order valence-corrected chi connectivity index (χ3v) is 6.23. The maximum atomic E-state index is 12.9. The highest BCUT2D eigenvalue weighted by atomic mass is 32.1. The van der Waals surface area contributed by atoms with Crippen LogP contribution >= 0.6 is 11.3 Å². The molecule has 3 aliphatic heterocycles. The first-order chi connectivity index (χ1) is 12.3. The van der Waals surface area contributed by atoms with E-state index in [-0.39, 0.29) is 11.9 Å². The maximum absolute atomic E-state index is 12.9. The molecule has 128 valence electrons. The summed E-state index contributed by atoms with van der Waals surface area (Å²) in [5.41, 5.74) is 1.90. The van der Waals surface area contributed by atoms with Gasteiger partial charge in [0, 0.05) is 12.6 Å². The van der Waals surface area contributed by atoms with Gasteiger partial charge in [-0.3, -0.25) is 4.79 Å². The SMILES string of the molecule is O=C(N[C@@H]1CN2CCC1CC2)c1cccc2oc(-c3cccs3)nc12. The molecule has 3 saturated heterocycles. The summed E-state index contributed by atoms with van der Waals surface area (Å²) in [5, 5.41) is 5.23. The van der Waals surface area contributed by atoms with Gasteiger partial charge in [0.2, 0.25) is 5.89 Å². The normalized spacial score (nSPS) is 25.4. The van der Waals surface area contributed by atoms with Gasteiger partial charge in [-0.05, 0) is 55.4 Å². The summed E-state index contributed by atoms with van der Waals surface area (Å²) in [4.78, 5) is 20.9. The third-order valence-electron chi connectivity index (χ3n) is 5.37. The van der Waals surface area contributed by atoms with Gasteiger partial charge in [-0.1, -0.05) is 12.1 Å². The Morgan fingerprint density at radius 2 is 2.12 bits per heavy atom. The second-order valence-electron chi connectivity index (χ2n) is 6.87. The lowest BCUT2D eigenvalue weighted by Gasteiger charge is -2.44. The molecule has 3 aliphatic rings. The van der Waals surface area contributed by atoms with Crippen molar-refractivity contribution in [2.75, 3.05) is 19.6 Å². The van der Waals surface area contributed by atoms with Crippen LogP contribution in [0, 0.1) is 5.92 Å². The fourth-order valence-electron chi connectivity index (χ4n) is 4.01. The molecule has 5 heterocycles. The number of oxazole rings is 1. The molecule has 0 radical (unpaired) electrons. The van der Waals surface area contributed by atoms with Gasteiger partial charge in [0.15, 0.2) is 5.58 Å². The molecule has 3 fully saturated rings. The minimum absolute atomic E-state index is 0.0459. The zero-order valence-electron chi connectivity index (χ0n) is 13.8. The molecule has 0 aliphatic carbocycles. The Kier molecular flexibility index (Phi) is 3.60. The number of fused-ring (bicyclic) bond motifs is 4. The lowest BCUT2D eigenvalue weighted by Crippen LogP contribution is -2.57. The van der Waals surface area contributed by atoms with Crippen LogP contribution in [0.15, 0.2) is 40.1 Å². The van der Waals surface area contributed by atoms with E-state index in [0.29, 0.717) is 28.5 Å². The Labute approximate surface area is 149 Å². The van der Waals surface area contributed by atoms with Gasteiger partial charge in [0.25, 0.3) is 5.91 Å². The van der Waals surface area contributed by atoms with Crippen LogP contribution in [0.1, 0.15) is 23.2 Å². The number of carbonyl (C=O) groups is 1. The first kappa shape index (κ1) is 15.1. The predicted octanol–water partition coefficient (Wildman–Crippen LogP) is 3.38. The van der Waals surface area contributed by atoms with Crippen molar-refractivity contribution in [3.05, 3.63) is 41.3 Å². The van der Waals surface area contributed by atoms with Crippen LogP contribution in [-0.2, 0) is 0 Å². The van der Waals surface area contributed by atoms with Crippen LogP contribution in [-0.4, -0.2) is 41.5 Å². The first-order valence-electron chi connectivity index (χ1n) is 8.74. The van der Waals surface area contributed by atoms with E-state index in [1.807, 2.05) is 35.7 Å².